The van der Waals surface area contributed by atoms with Gasteiger partial charge in [0.2, 0.25) is 0 Å². The molecule has 1 aliphatic heterocycles. The lowest BCUT2D eigenvalue weighted by atomic mass is 10.2. The second kappa shape index (κ2) is 6.76. The fourth-order valence-electron chi connectivity index (χ4n) is 1.52. The fourth-order valence-corrected chi connectivity index (χ4v) is 1.52. The van der Waals surface area contributed by atoms with Crippen LogP contribution in [0.2, 0.25) is 0 Å². The van der Waals surface area contributed by atoms with Crippen LogP contribution in [0.3, 0.4) is 0 Å². The Morgan fingerprint density at radius 1 is 1.07 bits per heavy atom. The van der Waals surface area contributed by atoms with Crippen LogP contribution in [0.25, 0.3) is 0 Å². The van der Waals surface area contributed by atoms with Crippen molar-refractivity contribution in [3.63, 3.8) is 0 Å². The topological polar surface area (TPSA) is 79.2 Å². The van der Waals surface area contributed by atoms with Crippen LogP contribution in [-0.2, 0) is 0 Å². The van der Waals surface area contributed by atoms with Gasteiger partial charge < -0.3 is 20.3 Å². The Bertz CT molecular complexity index is 201. The summed E-state index contributed by atoms with van der Waals surface area (Å²) in [4.78, 5) is 0. The van der Waals surface area contributed by atoms with Gasteiger partial charge in [-0.3, -0.25) is 0 Å². The van der Waals surface area contributed by atoms with E-state index in [2.05, 4.69) is 5.53 Å². The monoisotopic (exact) mass is 217 g/mol. The SMILES string of the molecule is OCCC1C=CN(CCO)NN1CCO. The zero-order valence-corrected chi connectivity index (χ0v) is 8.71. The van der Waals surface area contributed by atoms with Crippen LogP contribution < -0.4 is 5.53 Å². The second-order valence-electron chi connectivity index (χ2n) is 3.36. The molecule has 0 radical (unpaired) electrons. The molecule has 1 atom stereocenters. The van der Waals surface area contributed by atoms with E-state index in [1.165, 1.54) is 0 Å². The fraction of sp³-hybridized carbons (Fsp3) is 0.778. The predicted molar refractivity (Wildman–Crippen MR) is 55.4 cm³/mol. The first-order chi connectivity index (χ1) is 7.31. The highest BCUT2D eigenvalue weighted by atomic mass is 16.3. The maximum Gasteiger partial charge on any atom is 0.0622 e. The van der Waals surface area contributed by atoms with E-state index in [9.17, 15) is 0 Å². The van der Waals surface area contributed by atoms with Crippen molar-refractivity contribution >= 4 is 0 Å². The zero-order valence-electron chi connectivity index (χ0n) is 8.71. The number of hydrazine groups is 2. The Labute approximate surface area is 89.4 Å². The minimum Gasteiger partial charge on any atom is -0.396 e. The molecule has 0 bridgehead atoms. The van der Waals surface area contributed by atoms with Gasteiger partial charge in [0, 0.05) is 25.4 Å². The van der Waals surface area contributed by atoms with E-state index in [1.54, 1.807) is 5.01 Å². The van der Waals surface area contributed by atoms with Crippen molar-refractivity contribution in [1.29, 1.82) is 0 Å². The molecule has 15 heavy (non-hydrogen) atoms. The first-order valence-corrected chi connectivity index (χ1v) is 5.12. The summed E-state index contributed by atoms with van der Waals surface area (Å²) in [6.45, 7) is 1.20. The molecule has 1 rings (SSSR count). The van der Waals surface area contributed by atoms with Gasteiger partial charge in [-0.1, -0.05) is 0 Å². The highest BCUT2D eigenvalue weighted by Gasteiger charge is 2.20. The molecule has 0 saturated carbocycles. The van der Waals surface area contributed by atoms with Gasteiger partial charge in [-0.2, -0.15) is 5.53 Å². The van der Waals surface area contributed by atoms with Crippen LogP contribution in [0.1, 0.15) is 6.42 Å². The summed E-state index contributed by atoms with van der Waals surface area (Å²) in [5.74, 6) is 0. The maximum atomic E-state index is 8.88. The minimum absolute atomic E-state index is 0.0513. The van der Waals surface area contributed by atoms with Crippen molar-refractivity contribution in [3.8, 4) is 0 Å². The van der Waals surface area contributed by atoms with Crippen LogP contribution in [0.15, 0.2) is 12.3 Å². The number of aliphatic hydroxyl groups is 3. The molecule has 0 aliphatic carbocycles. The normalized spacial score (nSPS) is 22.3. The zero-order chi connectivity index (χ0) is 11.1. The molecule has 0 aromatic rings. The largest absolute Gasteiger partial charge is 0.396 e. The molecular formula is C9H19N3O3. The van der Waals surface area contributed by atoms with Gasteiger partial charge in [0.15, 0.2) is 0 Å². The number of β-amino-alcohol motifs (C(OH)–C–C–N with tert-alkyl or cyclic N) is 2. The number of hydrogen-bond donors (Lipinski definition) is 4. The maximum absolute atomic E-state index is 8.88. The third kappa shape index (κ3) is 3.77. The summed E-state index contributed by atoms with van der Waals surface area (Å²) in [5.41, 5.74) is 3.04. The quantitative estimate of drug-likeness (QED) is 0.423. The van der Waals surface area contributed by atoms with Gasteiger partial charge in [0.1, 0.15) is 0 Å². The molecule has 0 fully saturated rings. The standard InChI is InChI=1S/C9H19N3O3/c13-6-2-9-1-3-11(4-7-14)10-12(9)5-8-15/h1,3,9-10,13-15H,2,4-8H2. The Hall–Kier alpha value is -0.660. The third-order valence-corrected chi connectivity index (χ3v) is 2.25. The molecule has 0 aromatic heterocycles. The van der Waals surface area contributed by atoms with Crippen molar-refractivity contribution < 1.29 is 15.3 Å². The first-order valence-electron chi connectivity index (χ1n) is 5.12. The molecule has 0 saturated heterocycles. The van der Waals surface area contributed by atoms with E-state index in [0.717, 1.165) is 0 Å². The highest BCUT2D eigenvalue weighted by molar-refractivity contribution is 4.96. The minimum atomic E-state index is 0.0513. The number of aliphatic hydroxyl groups excluding tert-OH is 3. The predicted octanol–water partition coefficient (Wildman–Crippen LogP) is -1.73. The van der Waals surface area contributed by atoms with Gasteiger partial charge in [-0.05, 0) is 12.5 Å². The summed E-state index contributed by atoms with van der Waals surface area (Å²) in [6.07, 6.45) is 4.40. The Morgan fingerprint density at radius 2 is 1.80 bits per heavy atom. The van der Waals surface area contributed by atoms with Crippen molar-refractivity contribution in [2.45, 2.75) is 12.5 Å². The smallest absolute Gasteiger partial charge is 0.0622 e. The van der Waals surface area contributed by atoms with Gasteiger partial charge in [-0.25, -0.2) is 5.01 Å². The van der Waals surface area contributed by atoms with E-state index in [4.69, 9.17) is 15.3 Å². The summed E-state index contributed by atoms with van der Waals surface area (Å²) in [7, 11) is 0. The molecule has 0 aromatic carbocycles. The van der Waals surface area contributed by atoms with Crippen LogP contribution in [0.5, 0.6) is 0 Å². The lowest BCUT2D eigenvalue weighted by Gasteiger charge is -2.38. The van der Waals surface area contributed by atoms with E-state index >= 15 is 0 Å². The Balaban J connectivity index is 2.52. The van der Waals surface area contributed by atoms with E-state index < -0.39 is 0 Å². The molecular weight excluding hydrogens is 198 g/mol. The summed E-state index contributed by atoms with van der Waals surface area (Å²) in [5, 5.41) is 30.1. The van der Waals surface area contributed by atoms with Crippen molar-refractivity contribution in [1.82, 2.24) is 15.6 Å². The lowest BCUT2D eigenvalue weighted by Crippen LogP contribution is -2.56. The number of nitrogens with one attached hydrogen (secondary N) is 1. The van der Waals surface area contributed by atoms with Crippen LogP contribution in [-0.4, -0.2) is 64.3 Å². The summed E-state index contributed by atoms with van der Waals surface area (Å²) >= 11 is 0. The molecule has 0 spiro atoms. The van der Waals surface area contributed by atoms with Gasteiger partial charge in [0.05, 0.1) is 19.8 Å². The second-order valence-corrected chi connectivity index (χ2v) is 3.36. The van der Waals surface area contributed by atoms with E-state index in [-0.39, 0.29) is 25.9 Å². The van der Waals surface area contributed by atoms with E-state index in [0.29, 0.717) is 19.5 Å². The molecule has 1 aliphatic rings. The number of rotatable bonds is 6. The van der Waals surface area contributed by atoms with Crippen molar-refractivity contribution in [3.05, 3.63) is 12.3 Å². The van der Waals surface area contributed by atoms with Gasteiger partial charge in [-0.15, -0.1) is 0 Å². The van der Waals surface area contributed by atoms with Crippen LogP contribution in [0.4, 0.5) is 0 Å². The number of hydrogen-bond acceptors (Lipinski definition) is 6. The van der Waals surface area contributed by atoms with Crippen LogP contribution >= 0.6 is 0 Å². The van der Waals surface area contributed by atoms with Gasteiger partial charge in [0.25, 0.3) is 0 Å². The molecule has 6 heteroatoms. The molecule has 4 N–H and O–H groups in total. The molecule has 88 valence electrons. The molecule has 6 nitrogen and oxygen atoms in total. The van der Waals surface area contributed by atoms with Crippen molar-refractivity contribution in [2.75, 3.05) is 32.9 Å². The molecule has 1 unspecified atom stereocenters. The van der Waals surface area contributed by atoms with Crippen LogP contribution in [0, 0.1) is 0 Å². The molecule has 1 heterocycles. The average Bonchev–Trinajstić information content (AvgIpc) is 2.23. The first kappa shape index (κ1) is 12.4. The third-order valence-electron chi connectivity index (χ3n) is 2.25. The summed E-state index contributed by atoms with van der Waals surface area (Å²) < 4.78 is 0. The van der Waals surface area contributed by atoms with Crippen molar-refractivity contribution in [2.24, 2.45) is 0 Å². The lowest BCUT2D eigenvalue weighted by molar-refractivity contribution is -0.00542. The van der Waals surface area contributed by atoms with E-state index in [1.807, 2.05) is 17.3 Å². The Kier molecular flexibility index (Phi) is 5.59. The highest BCUT2D eigenvalue weighted by Crippen LogP contribution is 2.09. The average molecular weight is 217 g/mol. The molecule has 0 amide bonds. The summed E-state index contributed by atoms with van der Waals surface area (Å²) in [6, 6.07) is 0.0806. The van der Waals surface area contributed by atoms with Gasteiger partial charge >= 0.3 is 0 Å². The Morgan fingerprint density at radius 3 is 2.40 bits per heavy atom. The number of nitrogens with zero attached hydrogens (tertiary/aromatic N) is 2.